The molecule has 7 heteroatoms. The molecule has 30 heavy (non-hydrogen) atoms. The molecule has 5 nitrogen and oxygen atoms in total. The van der Waals surface area contributed by atoms with Crippen LogP contribution in [0.3, 0.4) is 0 Å². The second kappa shape index (κ2) is 9.35. The number of aryl methyl sites for hydroxylation is 2. The van der Waals surface area contributed by atoms with E-state index < -0.39 is 0 Å². The van der Waals surface area contributed by atoms with Crippen LogP contribution in [0, 0.1) is 0 Å². The molecular weight excluding hydrogens is 414 g/mol. The number of hydrogen-bond acceptors (Lipinski definition) is 5. The lowest BCUT2D eigenvalue weighted by molar-refractivity contribution is -0.119. The van der Waals surface area contributed by atoms with Gasteiger partial charge in [-0.1, -0.05) is 49.0 Å². The number of thioether (sulfide) groups is 1. The van der Waals surface area contributed by atoms with Crippen LogP contribution in [0.2, 0.25) is 0 Å². The van der Waals surface area contributed by atoms with Crippen LogP contribution in [0.25, 0.3) is 10.2 Å². The van der Waals surface area contributed by atoms with Crippen molar-refractivity contribution in [2.75, 3.05) is 5.75 Å². The predicted molar refractivity (Wildman–Crippen MR) is 125 cm³/mol. The van der Waals surface area contributed by atoms with Gasteiger partial charge >= 0.3 is 0 Å². The minimum absolute atomic E-state index is 0.0214. The van der Waals surface area contributed by atoms with Crippen molar-refractivity contribution in [3.63, 3.8) is 0 Å². The molecule has 158 valence electrons. The van der Waals surface area contributed by atoms with Crippen LogP contribution in [0.15, 0.2) is 40.3 Å². The van der Waals surface area contributed by atoms with Crippen molar-refractivity contribution in [2.45, 2.75) is 63.7 Å². The van der Waals surface area contributed by atoms with Crippen molar-refractivity contribution in [1.82, 2.24) is 14.9 Å². The van der Waals surface area contributed by atoms with E-state index in [-0.39, 0.29) is 23.3 Å². The zero-order chi connectivity index (χ0) is 21.1. The number of carbonyl (C=O) groups is 1. The van der Waals surface area contributed by atoms with Gasteiger partial charge in [-0.15, -0.1) is 11.3 Å². The molecule has 1 N–H and O–H groups in total. The summed E-state index contributed by atoms with van der Waals surface area (Å²) in [6.07, 6.45) is 5.19. The number of nitrogens with one attached hydrogen (secondary N) is 1. The van der Waals surface area contributed by atoms with E-state index in [1.807, 2.05) is 44.2 Å². The van der Waals surface area contributed by atoms with Crippen LogP contribution in [-0.4, -0.2) is 27.3 Å². The minimum atomic E-state index is -0.0274. The van der Waals surface area contributed by atoms with Crippen molar-refractivity contribution in [1.29, 1.82) is 0 Å². The summed E-state index contributed by atoms with van der Waals surface area (Å²) in [7, 11) is 0. The molecule has 0 radical (unpaired) electrons. The number of rotatable bonds is 7. The van der Waals surface area contributed by atoms with E-state index in [2.05, 4.69) is 5.32 Å². The van der Waals surface area contributed by atoms with Crippen molar-refractivity contribution < 1.29 is 4.79 Å². The van der Waals surface area contributed by atoms with Gasteiger partial charge in [-0.2, -0.15) is 0 Å². The Morgan fingerprint density at radius 1 is 1.27 bits per heavy atom. The maximum Gasteiger partial charge on any atom is 0.263 e. The van der Waals surface area contributed by atoms with Crippen molar-refractivity contribution >= 4 is 39.2 Å². The number of thiophene rings is 1. The number of benzene rings is 1. The summed E-state index contributed by atoms with van der Waals surface area (Å²) in [5, 5.41) is 4.40. The van der Waals surface area contributed by atoms with Crippen LogP contribution in [0.4, 0.5) is 0 Å². The maximum absolute atomic E-state index is 13.6. The molecule has 0 unspecified atom stereocenters. The first kappa shape index (κ1) is 21.1. The molecule has 0 saturated carbocycles. The first-order valence-electron chi connectivity index (χ1n) is 10.6. The van der Waals surface area contributed by atoms with E-state index in [0.29, 0.717) is 11.7 Å². The smallest absolute Gasteiger partial charge is 0.263 e. The summed E-state index contributed by atoms with van der Waals surface area (Å²) in [4.78, 5) is 32.9. The third-order valence-electron chi connectivity index (χ3n) is 5.58. The Morgan fingerprint density at radius 2 is 2.03 bits per heavy atom. The first-order chi connectivity index (χ1) is 14.6. The molecule has 3 aromatic rings. The van der Waals surface area contributed by atoms with E-state index in [4.69, 9.17) is 4.98 Å². The lowest BCUT2D eigenvalue weighted by Crippen LogP contribution is -2.33. The van der Waals surface area contributed by atoms with Crippen LogP contribution in [0.5, 0.6) is 0 Å². The number of nitrogens with zero attached hydrogens (tertiary/aromatic N) is 2. The number of carbonyl (C=O) groups excluding carboxylic acids is 1. The quantitative estimate of drug-likeness (QED) is 0.436. The predicted octanol–water partition coefficient (Wildman–Crippen LogP) is 4.39. The Labute approximate surface area is 184 Å². The second-order valence-electron chi connectivity index (χ2n) is 7.83. The van der Waals surface area contributed by atoms with Gasteiger partial charge in [-0.05, 0) is 50.2 Å². The lowest BCUT2D eigenvalue weighted by atomic mass is 9.97. The van der Waals surface area contributed by atoms with Gasteiger partial charge in [0.05, 0.1) is 17.7 Å². The molecule has 1 aromatic carbocycles. The summed E-state index contributed by atoms with van der Waals surface area (Å²) >= 11 is 3.00. The fraction of sp³-hybridized carbons (Fsp3) is 0.435. The molecule has 1 aliphatic carbocycles. The molecule has 1 atom stereocenters. The lowest BCUT2D eigenvalue weighted by Gasteiger charge is -2.14. The van der Waals surface area contributed by atoms with Gasteiger partial charge in [0.2, 0.25) is 5.91 Å². The third kappa shape index (κ3) is 4.47. The monoisotopic (exact) mass is 441 g/mol. The number of aromatic nitrogens is 2. The zero-order valence-electron chi connectivity index (χ0n) is 17.4. The SMILES string of the molecule is CC[C@@H](C)NC(=O)CSc1nc2sc3c(c2c(=O)n1Cc1ccccc1)CCCC3. The molecule has 0 bridgehead atoms. The summed E-state index contributed by atoms with van der Waals surface area (Å²) in [5.74, 6) is 0.225. The maximum atomic E-state index is 13.6. The highest BCUT2D eigenvalue weighted by atomic mass is 32.2. The highest BCUT2D eigenvalue weighted by molar-refractivity contribution is 7.99. The molecule has 0 saturated heterocycles. The van der Waals surface area contributed by atoms with Crippen molar-refractivity contribution in [3.8, 4) is 0 Å². The molecule has 0 spiro atoms. The van der Waals surface area contributed by atoms with Crippen molar-refractivity contribution in [3.05, 3.63) is 56.7 Å². The molecular formula is C23H27N3O2S2. The molecule has 2 heterocycles. The Hall–Kier alpha value is -2.12. The minimum Gasteiger partial charge on any atom is -0.353 e. The van der Waals surface area contributed by atoms with Gasteiger partial charge in [0, 0.05) is 10.9 Å². The first-order valence-corrected chi connectivity index (χ1v) is 12.4. The number of fused-ring (bicyclic) bond motifs is 3. The fourth-order valence-corrected chi connectivity index (χ4v) is 5.90. The van der Waals surface area contributed by atoms with Gasteiger partial charge in [-0.3, -0.25) is 14.2 Å². The highest BCUT2D eigenvalue weighted by Crippen LogP contribution is 2.34. The number of amides is 1. The molecule has 2 aromatic heterocycles. The van der Waals surface area contributed by atoms with Gasteiger partial charge in [0.25, 0.3) is 5.56 Å². The van der Waals surface area contributed by atoms with Gasteiger partial charge in [0.1, 0.15) is 4.83 Å². The van der Waals surface area contributed by atoms with Gasteiger partial charge in [0.15, 0.2) is 5.16 Å². The standard InChI is InChI=1S/C23H27N3O2S2/c1-3-15(2)24-19(27)14-29-23-25-21-20(17-11-7-8-12-18(17)30-21)22(28)26(23)13-16-9-5-4-6-10-16/h4-6,9-10,15H,3,7-8,11-14H2,1-2H3,(H,24,27)/t15-/m1/s1. The molecule has 1 amide bonds. The molecule has 4 rings (SSSR count). The Bertz CT molecular complexity index is 1110. The summed E-state index contributed by atoms with van der Waals surface area (Å²) in [6.45, 7) is 4.50. The molecule has 1 aliphatic rings. The average Bonchev–Trinajstić information content (AvgIpc) is 3.13. The number of hydrogen-bond donors (Lipinski definition) is 1. The Morgan fingerprint density at radius 3 is 2.80 bits per heavy atom. The summed E-state index contributed by atoms with van der Waals surface area (Å²) < 4.78 is 1.75. The van der Waals surface area contributed by atoms with E-state index in [1.165, 1.54) is 28.6 Å². The van der Waals surface area contributed by atoms with Gasteiger partial charge < -0.3 is 5.32 Å². The average molecular weight is 442 g/mol. The fourth-order valence-electron chi connectivity index (χ4n) is 3.78. The van der Waals surface area contributed by atoms with E-state index in [0.717, 1.165) is 41.5 Å². The Kier molecular flexibility index (Phi) is 6.58. The normalized spacial score (nSPS) is 14.5. The molecule has 0 fully saturated rings. The topological polar surface area (TPSA) is 64.0 Å². The molecule has 0 aliphatic heterocycles. The zero-order valence-corrected chi connectivity index (χ0v) is 19.1. The highest BCUT2D eigenvalue weighted by Gasteiger charge is 2.22. The van der Waals surface area contributed by atoms with Crippen LogP contribution < -0.4 is 10.9 Å². The summed E-state index contributed by atoms with van der Waals surface area (Å²) in [6, 6.07) is 10.1. The van der Waals surface area contributed by atoms with Crippen LogP contribution >= 0.6 is 23.1 Å². The van der Waals surface area contributed by atoms with E-state index in [1.54, 1.807) is 15.9 Å². The third-order valence-corrected chi connectivity index (χ3v) is 7.74. The van der Waals surface area contributed by atoms with Crippen molar-refractivity contribution in [2.24, 2.45) is 0 Å². The van der Waals surface area contributed by atoms with Crippen LogP contribution in [-0.2, 0) is 24.2 Å². The van der Waals surface area contributed by atoms with Crippen LogP contribution in [0.1, 0.15) is 49.1 Å². The van der Waals surface area contributed by atoms with E-state index in [9.17, 15) is 9.59 Å². The Balaban J connectivity index is 1.72. The summed E-state index contributed by atoms with van der Waals surface area (Å²) in [5.41, 5.74) is 2.27. The van der Waals surface area contributed by atoms with Gasteiger partial charge in [-0.25, -0.2) is 4.98 Å². The second-order valence-corrected chi connectivity index (χ2v) is 9.85. The largest absolute Gasteiger partial charge is 0.353 e. The van der Waals surface area contributed by atoms with E-state index >= 15 is 0 Å².